The fourth-order valence-corrected chi connectivity index (χ4v) is 3.31. The highest BCUT2D eigenvalue weighted by Crippen LogP contribution is 2.31. The predicted octanol–water partition coefficient (Wildman–Crippen LogP) is 6.99. The first-order chi connectivity index (χ1) is 15.9. The molecule has 0 N–H and O–H groups in total. The second-order valence-electron chi connectivity index (χ2n) is 8.01. The van der Waals surface area contributed by atoms with Crippen LogP contribution in [0.2, 0.25) is 0 Å². The van der Waals surface area contributed by atoms with Gasteiger partial charge in [0.2, 0.25) is 0 Å². The van der Waals surface area contributed by atoms with Crippen molar-refractivity contribution < 1.29 is 19.0 Å². The Balaban J connectivity index is 1.72. The summed E-state index contributed by atoms with van der Waals surface area (Å²) >= 11 is 0. The SMILES string of the molecule is C=C(C)COCOc1ccc(-c2ccc(-c3ccc(OC(=O)C(=C)C)cc3)cc2CC)cc1. The quantitative estimate of drug-likeness (QED) is 0.0847. The Morgan fingerprint density at radius 3 is 2.03 bits per heavy atom. The summed E-state index contributed by atoms with van der Waals surface area (Å²) < 4.78 is 16.3. The van der Waals surface area contributed by atoms with Gasteiger partial charge in [-0.2, -0.15) is 0 Å². The first-order valence-electron chi connectivity index (χ1n) is 10.9. The average Bonchev–Trinajstić information content (AvgIpc) is 2.82. The summed E-state index contributed by atoms with van der Waals surface area (Å²) in [4.78, 5) is 11.7. The maximum absolute atomic E-state index is 11.7. The van der Waals surface area contributed by atoms with Crippen LogP contribution in [-0.4, -0.2) is 19.4 Å². The molecule has 0 aromatic heterocycles. The third kappa shape index (κ3) is 6.67. The van der Waals surface area contributed by atoms with Gasteiger partial charge >= 0.3 is 5.97 Å². The molecule has 0 unspecified atom stereocenters. The van der Waals surface area contributed by atoms with Gasteiger partial charge in [0.1, 0.15) is 11.5 Å². The van der Waals surface area contributed by atoms with Gasteiger partial charge < -0.3 is 14.2 Å². The van der Waals surface area contributed by atoms with Crippen molar-refractivity contribution in [3.8, 4) is 33.8 Å². The van der Waals surface area contributed by atoms with E-state index in [-0.39, 0.29) is 6.79 Å². The van der Waals surface area contributed by atoms with Gasteiger partial charge in [-0.1, -0.05) is 68.1 Å². The number of esters is 1. The molecular weight excluding hydrogens is 412 g/mol. The predicted molar refractivity (Wildman–Crippen MR) is 133 cm³/mol. The molecule has 0 heterocycles. The summed E-state index contributed by atoms with van der Waals surface area (Å²) in [7, 11) is 0. The molecule has 170 valence electrons. The van der Waals surface area contributed by atoms with E-state index >= 15 is 0 Å². The summed E-state index contributed by atoms with van der Waals surface area (Å²) in [6, 6.07) is 22.0. The van der Waals surface area contributed by atoms with Crippen molar-refractivity contribution in [2.45, 2.75) is 27.2 Å². The lowest BCUT2D eigenvalue weighted by Gasteiger charge is -2.13. The number of aryl methyl sites for hydroxylation is 1. The number of hydrogen-bond donors (Lipinski definition) is 0. The zero-order chi connectivity index (χ0) is 23.8. The molecule has 0 spiro atoms. The molecule has 4 heteroatoms. The Morgan fingerprint density at radius 1 is 0.818 bits per heavy atom. The second-order valence-corrected chi connectivity index (χ2v) is 8.01. The van der Waals surface area contributed by atoms with Gasteiger partial charge in [0.05, 0.1) is 6.61 Å². The van der Waals surface area contributed by atoms with Crippen LogP contribution in [0.15, 0.2) is 91.0 Å². The third-order valence-electron chi connectivity index (χ3n) is 5.06. The highest BCUT2D eigenvalue weighted by molar-refractivity contribution is 5.88. The van der Waals surface area contributed by atoms with Crippen molar-refractivity contribution in [3.05, 3.63) is 96.6 Å². The maximum Gasteiger partial charge on any atom is 0.338 e. The van der Waals surface area contributed by atoms with Gasteiger partial charge in [-0.15, -0.1) is 0 Å². The molecule has 0 bridgehead atoms. The van der Waals surface area contributed by atoms with E-state index in [0.29, 0.717) is 17.9 Å². The number of benzene rings is 3. The fraction of sp³-hybridized carbons (Fsp3) is 0.207. The molecule has 4 nitrogen and oxygen atoms in total. The molecule has 0 aliphatic heterocycles. The molecule has 0 aliphatic carbocycles. The molecule has 0 fully saturated rings. The van der Waals surface area contributed by atoms with Crippen LogP contribution in [0.5, 0.6) is 11.5 Å². The van der Waals surface area contributed by atoms with E-state index in [9.17, 15) is 4.79 Å². The van der Waals surface area contributed by atoms with Crippen molar-refractivity contribution >= 4 is 5.97 Å². The number of ether oxygens (including phenoxy) is 3. The Labute approximate surface area is 196 Å². The molecule has 0 amide bonds. The number of hydrogen-bond acceptors (Lipinski definition) is 4. The number of carbonyl (C=O) groups excluding carboxylic acids is 1. The lowest BCUT2D eigenvalue weighted by Crippen LogP contribution is -2.07. The fourth-order valence-electron chi connectivity index (χ4n) is 3.31. The van der Waals surface area contributed by atoms with E-state index < -0.39 is 5.97 Å². The molecule has 0 aliphatic rings. The normalized spacial score (nSPS) is 10.5. The lowest BCUT2D eigenvalue weighted by atomic mass is 9.93. The van der Waals surface area contributed by atoms with Gasteiger partial charge in [-0.3, -0.25) is 0 Å². The van der Waals surface area contributed by atoms with Crippen LogP contribution in [0.1, 0.15) is 26.3 Å². The minimum absolute atomic E-state index is 0.201. The number of rotatable bonds is 10. The zero-order valence-corrected chi connectivity index (χ0v) is 19.5. The van der Waals surface area contributed by atoms with Crippen LogP contribution in [-0.2, 0) is 16.0 Å². The van der Waals surface area contributed by atoms with E-state index in [4.69, 9.17) is 14.2 Å². The molecule has 0 saturated heterocycles. The summed E-state index contributed by atoms with van der Waals surface area (Å²) in [5, 5.41) is 0. The third-order valence-corrected chi connectivity index (χ3v) is 5.06. The van der Waals surface area contributed by atoms with Crippen LogP contribution in [0.25, 0.3) is 22.3 Å². The van der Waals surface area contributed by atoms with Gasteiger partial charge in [-0.05, 0) is 72.4 Å². The molecule has 3 aromatic rings. The van der Waals surface area contributed by atoms with Gasteiger partial charge in [0.25, 0.3) is 0 Å². The molecular formula is C29H30O4. The average molecular weight is 443 g/mol. The largest absolute Gasteiger partial charge is 0.468 e. The molecule has 0 radical (unpaired) electrons. The van der Waals surface area contributed by atoms with E-state index in [1.807, 2.05) is 31.2 Å². The van der Waals surface area contributed by atoms with Crippen molar-refractivity contribution in [1.29, 1.82) is 0 Å². The Bertz CT molecular complexity index is 1130. The summed E-state index contributed by atoms with van der Waals surface area (Å²) in [6.07, 6.45) is 0.907. The van der Waals surface area contributed by atoms with Crippen LogP contribution in [0.4, 0.5) is 0 Å². The zero-order valence-electron chi connectivity index (χ0n) is 19.5. The van der Waals surface area contributed by atoms with Crippen molar-refractivity contribution in [2.75, 3.05) is 13.4 Å². The van der Waals surface area contributed by atoms with E-state index in [0.717, 1.165) is 34.4 Å². The van der Waals surface area contributed by atoms with Crippen LogP contribution >= 0.6 is 0 Å². The summed E-state index contributed by atoms with van der Waals surface area (Å²) in [5.74, 6) is 0.852. The van der Waals surface area contributed by atoms with E-state index in [1.54, 1.807) is 19.1 Å². The van der Waals surface area contributed by atoms with Crippen LogP contribution in [0, 0.1) is 0 Å². The Kier molecular flexibility index (Phi) is 8.22. The molecule has 0 saturated carbocycles. The first-order valence-corrected chi connectivity index (χ1v) is 10.9. The Morgan fingerprint density at radius 2 is 1.42 bits per heavy atom. The van der Waals surface area contributed by atoms with Crippen LogP contribution < -0.4 is 9.47 Å². The van der Waals surface area contributed by atoms with Gasteiger partial charge in [0, 0.05) is 5.57 Å². The molecule has 33 heavy (non-hydrogen) atoms. The molecule has 0 atom stereocenters. The maximum atomic E-state index is 11.7. The minimum atomic E-state index is -0.420. The highest BCUT2D eigenvalue weighted by Gasteiger charge is 2.09. The number of carbonyl (C=O) groups is 1. The van der Waals surface area contributed by atoms with Gasteiger partial charge in [0.15, 0.2) is 6.79 Å². The topological polar surface area (TPSA) is 44.8 Å². The van der Waals surface area contributed by atoms with E-state index in [2.05, 4.69) is 50.4 Å². The monoisotopic (exact) mass is 442 g/mol. The van der Waals surface area contributed by atoms with Crippen LogP contribution in [0.3, 0.4) is 0 Å². The van der Waals surface area contributed by atoms with Crippen molar-refractivity contribution in [2.24, 2.45) is 0 Å². The molecule has 3 aromatic carbocycles. The standard InChI is InChI=1S/C29H30O4/c1-6-22-17-25(23-7-14-27(15-8-23)33-29(30)21(4)5)11-16-28(22)24-9-12-26(13-10-24)32-19-31-18-20(2)3/h7-17H,2,4,6,18-19H2,1,3,5H3. The molecule has 3 rings (SSSR count). The van der Waals surface area contributed by atoms with Crippen molar-refractivity contribution in [1.82, 2.24) is 0 Å². The lowest BCUT2D eigenvalue weighted by molar-refractivity contribution is -0.130. The highest BCUT2D eigenvalue weighted by atomic mass is 16.7. The smallest absolute Gasteiger partial charge is 0.338 e. The van der Waals surface area contributed by atoms with Gasteiger partial charge in [-0.25, -0.2) is 4.79 Å². The summed E-state index contributed by atoms with van der Waals surface area (Å²) in [5.41, 5.74) is 7.09. The van der Waals surface area contributed by atoms with E-state index in [1.165, 1.54) is 11.1 Å². The Hall–Kier alpha value is -3.63. The first kappa shape index (κ1) is 24.0. The summed E-state index contributed by atoms with van der Waals surface area (Å²) in [6.45, 7) is 13.8. The minimum Gasteiger partial charge on any atom is -0.468 e. The van der Waals surface area contributed by atoms with Crippen molar-refractivity contribution in [3.63, 3.8) is 0 Å². The second kappa shape index (κ2) is 11.3.